The van der Waals surface area contributed by atoms with E-state index >= 15 is 0 Å². The van der Waals surface area contributed by atoms with Crippen LogP contribution in [0.25, 0.3) is 11.1 Å². The summed E-state index contributed by atoms with van der Waals surface area (Å²) >= 11 is 0. The summed E-state index contributed by atoms with van der Waals surface area (Å²) in [7, 11) is 0. The molecule has 0 aromatic heterocycles. The van der Waals surface area contributed by atoms with Gasteiger partial charge in [-0.05, 0) is 48.9 Å². The minimum atomic E-state index is -0.947. The van der Waals surface area contributed by atoms with Crippen molar-refractivity contribution in [1.82, 2.24) is 10.6 Å². The smallest absolute Gasteiger partial charge is 0.407 e. The van der Waals surface area contributed by atoms with E-state index in [-0.39, 0.29) is 30.9 Å². The average molecular weight is 467 g/mol. The lowest BCUT2D eigenvalue weighted by Gasteiger charge is -2.30. The fourth-order valence-corrected chi connectivity index (χ4v) is 4.59. The first-order chi connectivity index (χ1) is 16.0. The number of rotatable bonds is 9. The number of benzene rings is 2. The van der Waals surface area contributed by atoms with Crippen molar-refractivity contribution in [1.29, 1.82) is 0 Å². The number of carboxylic acid groups (broad SMARTS) is 1. The minimum Gasteiger partial charge on any atom is -0.481 e. The van der Waals surface area contributed by atoms with E-state index in [2.05, 4.69) is 34.9 Å². The maximum atomic E-state index is 12.8. The van der Waals surface area contributed by atoms with Crippen LogP contribution in [-0.4, -0.2) is 42.3 Å². The molecule has 3 rings (SSSR count). The fourth-order valence-electron chi connectivity index (χ4n) is 4.59. The van der Waals surface area contributed by atoms with E-state index in [4.69, 9.17) is 4.74 Å². The van der Waals surface area contributed by atoms with Gasteiger partial charge in [0.05, 0.1) is 11.3 Å². The summed E-state index contributed by atoms with van der Waals surface area (Å²) in [4.78, 5) is 36.8. The number of aliphatic carboxylic acids is 1. The third-order valence-corrected chi connectivity index (χ3v) is 6.53. The molecule has 3 N–H and O–H groups in total. The Hall–Kier alpha value is -3.35. The third-order valence-electron chi connectivity index (χ3n) is 6.53. The van der Waals surface area contributed by atoms with E-state index in [1.54, 1.807) is 20.8 Å². The molecule has 182 valence electrons. The van der Waals surface area contributed by atoms with Crippen LogP contribution < -0.4 is 10.6 Å². The molecule has 2 atom stereocenters. The summed E-state index contributed by atoms with van der Waals surface area (Å²) in [6, 6.07) is 15.7. The van der Waals surface area contributed by atoms with E-state index < -0.39 is 29.4 Å². The molecule has 2 aromatic carbocycles. The molecular weight excluding hydrogens is 432 g/mol. The number of carbonyl (C=O) groups is 3. The molecule has 34 heavy (non-hydrogen) atoms. The number of hydrogen-bond acceptors (Lipinski definition) is 4. The minimum absolute atomic E-state index is 0.0423. The third kappa shape index (κ3) is 5.41. The highest BCUT2D eigenvalue weighted by Crippen LogP contribution is 2.44. The Bertz CT molecular complexity index is 1020. The first-order valence-corrected chi connectivity index (χ1v) is 11.7. The van der Waals surface area contributed by atoms with Gasteiger partial charge >= 0.3 is 12.1 Å². The predicted molar refractivity (Wildman–Crippen MR) is 130 cm³/mol. The Morgan fingerprint density at radius 1 is 0.971 bits per heavy atom. The molecule has 0 bridgehead atoms. The van der Waals surface area contributed by atoms with Gasteiger partial charge in [-0.1, -0.05) is 62.4 Å². The number of amides is 2. The van der Waals surface area contributed by atoms with E-state index in [1.807, 2.05) is 38.1 Å². The van der Waals surface area contributed by atoms with Crippen LogP contribution in [0, 0.1) is 17.3 Å². The Kier molecular flexibility index (Phi) is 7.64. The van der Waals surface area contributed by atoms with E-state index in [9.17, 15) is 19.5 Å². The monoisotopic (exact) mass is 466 g/mol. The normalized spacial score (nSPS) is 14.6. The second-order valence-electron chi connectivity index (χ2n) is 9.93. The van der Waals surface area contributed by atoms with Gasteiger partial charge in [-0.25, -0.2) is 4.79 Å². The van der Waals surface area contributed by atoms with Crippen molar-refractivity contribution in [2.45, 2.75) is 46.6 Å². The molecule has 7 nitrogen and oxygen atoms in total. The molecule has 1 aliphatic carbocycles. The topological polar surface area (TPSA) is 105 Å². The molecule has 0 saturated carbocycles. The number of carboxylic acids is 1. The lowest BCUT2D eigenvalue weighted by Crippen LogP contribution is -2.51. The molecule has 0 radical (unpaired) electrons. The van der Waals surface area contributed by atoms with Crippen molar-refractivity contribution in [3.05, 3.63) is 59.7 Å². The van der Waals surface area contributed by atoms with Crippen molar-refractivity contribution < 1.29 is 24.2 Å². The first-order valence-electron chi connectivity index (χ1n) is 11.7. The molecule has 0 fully saturated rings. The van der Waals surface area contributed by atoms with Gasteiger partial charge in [0.25, 0.3) is 0 Å². The highest BCUT2D eigenvalue weighted by atomic mass is 16.5. The largest absolute Gasteiger partial charge is 0.481 e. The van der Waals surface area contributed by atoms with Gasteiger partial charge in [-0.15, -0.1) is 0 Å². The van der Waals surface area contributed by atoms with Gasteiger partial charge < -0.3 is 20.5 Å². The van der Waals surface area contributed by atoms with Crippen molar-refractivity contribution in [3.63, 3.8) is 0 Å². The Labute approximate surface area is 200 Å². The average Bonchev–Trinajstić information content (AvgIpc) is 3.09. The van der Waals surface area contributed by atoms with Crippen molar-refractivity contribution in [2.24, 2.45) is 17.3 Å². The zero-order valence-electron chi connectivity index (χ0n) is 20.4. The van der Waals surface area contributed by atoms with Crippen LogP contribution in [0.15, 0.2) is 48.5 Å². The maximum Gasteiger partial charge on any atom is 0.407 e. The Morgan fingerprint density at radius 3 is 2.00 bits per heavy atom. The van der Waals surface area contributed by atoms with Crippen molar-refractivity contribution >= 4 is 18.0 Å². The summed E-state index contributed by atoms with van der Waals surface area (Å²) in [5.74, 6) is -2.15. The highest BCUT2D eigenvalue weighted by Gasteiger charge is 2.34. The van der Waals surface area contributed by atoms with Gasteiger partial charge in [0.15, 0.2) is 0 Å². The molecular formula is C27H34N2O5. The van der Waals surface area contributed by atoms with E-state index in [0.717, 1.165) is 22.3 Å². The number of carbonyl (C=O) groups excluding carboxylic acids is 2. The standard InChI is InChI=1S/C27H34N2O5/c1-16(2)23(24(30)31)17(3)29-25(32)27(4,5)15-28-26(33)34-14-22-20-12-8-6-10-18(20)19-11-7-9-13-21(19)22/h6-13,16-17,22-23H,14-15H2,1-5H3,(H,28,33)(H,29,32)(H,30,31). The predicted octanol–water partition coefficient (Wildman–Crippen LogP) is 4.41. The number of hydrogen-bond donors (Lipinski definition) is 3. The summed E-state index contributed by atoms with van der Waals surface area (Å²) < 4.78 is 5.54. The van der Waals surface area contributed by atoms with E-state index in [0.29, 0.717) is 0 Å². The number of alkyl carbamates (subject to hydrolysis) is 1. The van der Waals surface area contributed by atoms with Crippen LogP contribution in [0.1, 0.15) is 51.7 Å². The lowest BCUT2D eigenvalue weighted by atomic mass is 9.87. The molecule has 0 saturated heterocycles. The van der Waals surface area contributed by atoms with Crippen molar-refractivity contribution in [3.8, 4) is 11.1 Å². The zero-order chi connectivity index (χ0) is 25.0. The number of ether oxygens (including phenoxy) is 1. The molecule has 7 heteroatoms. The summed E-state index contributed by atoms with van der Waals surface area (Å²) in [6.07, 6.45) is -0.596. The number of nitrogens with one attached hydrogen (secondary N) is 2. The van der Waals surface area contributed by atoms with Crippen LogP contribution in [0.3, 0.4) is 0 Å². The Balaban J connectivity index is 1.56. The fraction of sp³-hybridized carbons (Fsp3) is 0.444. The zero-order valence-corrected chi connectivity index (χ0v) is 20.4. The molecule has 1 aliphatic rings. The molecule has 0 spiro atoms. The van der Waals surface area contributed by atoms with Gasteiger partial charge in [0, 0.05) is 18.5 Å². The molecule has 2 amide bonds. The first kappa shape index (κ1) is 25.3. The van der Waals surface area contributed by atoms with Crippen LogP contribution in [0.2, 0.25) is 0 Å². The second kappa shape index (κ2) is 10.3. The molecule has 2 aromatic rings. The molecule has 0 aliphatic heterocycles. The second-order valence-corrected chi connectivity index (χ2v) is 9.93. The molecule has 0 heterocycles. The van der Waals surface area contributed by atoms with Gasteiger partial charge in [0.1, 0.15) is 6.61 Å². The highest BCUT2D eigenvalue weighted by molar-refractivity contribution is 5.84. The summed E-state index contributed by atoms with van der Waals surface area (Å²) in [5, 5.41) is 14.9. The number of fused-ring (bicyclic) bond motifs is 3. The summed E-state index contributed by atoms with van der Waals surface area (Å²) in [5.41, 5.74) is 3.62. The van der Waals surface area contributed by atoms with Crippen LogP contribution in [0.4, 0.5) is 4.79 Å². The molecule has 2 unspecified atom stereocenters. The van der Waals surface area contributed by atoms with Crippen LogP contribution in [0.5, 0.6) is 0 Å². The van der Waals surface area contributed by atoms with Gasteiger partial charge in [0.2, 0.25) is 5.91 Å². The summed E-state index contributed by atoms with van der Waals surface area (Å²) in [6.45, 7) is 8.95. The van der Waals surface area contributed by atoms with Crippen LogP contribution in [-0.2, 0) is 14.3 Å². The maximum absolute atomic E-state index is 12.8. The van der Waals surface area contributed by atoms with Gasteiger partial charge in [-0.2, -0.15) is 0 Å². The Morgan fingerprint density at radius 2 is 1.50 bits per heavy atom. The van der Waals surface area contributed by atoms with Gasteiger partial charge in [-0.3, -0.25) is 9.59 Å². The van der Waals surface area contributed by atoms with Crippen molar-refractivity contribution in [2.75, 3.05) is 13.2 Å². The lowest BCUT2D eigenvalue weighted by molar-refractivity contribution is -0.145. The van der Waals surface area contributed by atoms with E-state index in [1.165, 1.54) is 0 Å². The quantitative estimate of drug-likeness (QED) is 0.508. The SMILES string of the molecule is CC(C)C(C(=O)O)C(C)NC(=O)C(C)(C)CNC(=O)OCC1c2ccccc2-c2ccccc21. The van der Waals surface area contributed by atoms with Crippen LogP contribution >= 0.6 is 0 Å².